The molecular weight excluding hydrogens is 446 g/mol. The van der Waals surface area contributed by atoms with Gasteiger partial charge < -0.3 is 5.32 Å². The summed E-state index contributed by atoms with van der Waals surface area (Å²) in [7, 11) is 0. The van der Waals surface area contributed by atoms with Crippen molar-refractivity contribution in [3.8, 4) is 11.3 Å². The molecule has 1 amide bonds. The standard InChI is InChI=1S/C19H13BrClN5O2/c20-13-7-5-12(6-8-13)16-9-17-19(28)25(22-11-26(17)24-16)10-18(27)23-15-4-2-1-3-14(15)21/h1-9,11H,10H2,(H,23,27). The van der Waals surface area contributed by atoms with Crippen LogP contribution in [0.3, 0.4) is 0 Å². The Balaban J connectivity index is 1.61. The quantitative estimate of drug-likeness (QED) is 0.506. The maximum atomic E-state index is 12.7. The number of fused-ring (bicyclic) bond motifs is 1. The average Bonchev–Trinajstić information content (AvgIpc) is 3.12. The third-order valence-electron chi connectivity index (χ3n) is 4.07. The van der Waals surface area contributed by atoms with E-state index in [0.29, 0.717) is 21.9 Å². The molecule has 2 aromatic carbocycles. The largest absolute Gasteiger partial charge is 0.323 e. The highest BCUT2D eigenvalue weighted by Crippen LogP contribution is 2.21. The zero-order chi connectivity index (χ0) is 19.7. The Hall–Kier alpha value is -2.97. The molecule has 2 heterocycles. The van der Waals surface area contributed by atoms with Crippen molar-refractivity contribution in [2.24, 2.45) is 0 Å². The number of benzene rings is 2. The number of anilines is 1. The van der Waals surface area contributed by atoms with Crippen molar-refractivity contribution in [1.29, 1.82) is 0 Å². The van der Waals surface area contributed by atoms with E-state index in [2.05, 4.69) is 31.4 Å². The molecule has 0 bridgehead atoms. The van der Waals surface area contributed by atoms with E-state index < -0.39 is 11.5 Å². The number of hydrogen-bond donors (Lipinski definition) is 1. The minimum atomic E-state index is -0.410. The second-order valence-corrected chi connectivity index (χ2v) is 7.31. The zero-order valence-corrected chi connectivity index (χ0v) is 16.7. The van der Waals surface area contributed by atoms with E-state index in [0.717, 1.165) is 14.7 Å². The molecule has 4 rings (SSSR count). The van der Waals surface area contributed by atoms with Gasteiger partial charge >= 0.3 is 0 Å². The van der Waals surface area contributed by atoms with Crippen molar-refractivity contribution in [3.05, 3.63) is 80.8 Å². The number of rotatable bonds is 4. The number of halogens is 2. The van der Waals surface area contributed by atoms with Crippen molar-refractivity contribution in [2.75, 3.05) is 5.32 Å². The minimum Gasteiger partial charge on any atom is -0.323 e. The van der Waals surface area contributed by atoms with E-state index >= 15 is 0 Å². The molecule has 0 spiro atoms. The summed E-state index contributed by atoms with van der Waals surface area (Å²) < 4.78 is 3.45. The summed E-state index contributed by atoms with van der Waals surface area (Å²) in [6, 6.07) is 16.1. The Labute approximate surface area is 172 Å². The van der Waals surface area contributed by atoms with Gasteiger partial charge in [-0.1, -0.05) is 51.8 Å². The molecule has 28 heavy (non-hydrogen) atoms. The van der Waals surface area contributed by atoms with Crippen LogP contribution >= 0.6 is 27.5 Å². The van der Waals surface area contributed by atoms with Crippen LogP contribution in [0, 0.1) is 0 Å². The molecule has 0 saturated carbocycles. The van der Waals surface area contributed by atoms with Gasteiger partial charge in [-0.2, -0.15) is 10.2 Å². The summed E-state index contributed by atoms with van der Waals surface area (Å²) in [6.07, 6.45) is 1.40. The second kappa shape index (κ2) is 7.57. The Morgan fingerprint density at radius 1 is 1.14 bits per heavy atom. The molecular formula is C19H13BrClN5O2. The summed E-state index contributed by atoms with van der Waals surface area (Å²) in [5.41, 5.74) is 1.91. The maximum Gasteiger partial charge on any atom is 0.293 e. The SMILES string of the molecule is O=C(Cn1ncn2nc(-c3ccc(Br)cc3)cc2c1=O)Nc1ccccc1Cl. The molecule has 0 aliphatic carbocycles. The molecule has 0 fully saturated rings. The van der Waals surface area contributed by atoms with E-state index in [1.54, 1.807) is 30.3 Å². The van der Waals surface area contributed by atoms with Crippen LogP contribution in [0.25, 0.3) is 16.8 Å². The molecule has 0 unspecified atom stereocenters. The first-order valence-electron chi connectivity index (χ1n) is 8.27. The zero-order valence-electron chi connectivity index (χ0n) is 14.3. The van der Waals surface area contributed by atoms with Gasteiger partial charge in [0.15, 0.2) is 0 Å². The first-order valence-corrected chi connectivity index (χ1v) is 9.44. The molecule has 1 N–H and O–H groups in total. The number of carbonyl (C=O) groups excluding carboxylic acids is 1. The number of para-hydroxylation sites is 1. The molecule has 0 atom stereocenters. The van der Waals surface area contributed by atoms with Crippen LogP contribution in [0.2, 0.25) is 5.02 Å². The Morgan fingerprint density at radius 2 is 1.89 bits per heavy atom. The third kappa shape index (κ3) is 3.69. The Morgan fingerprint density at radius 3 is 2.64 bits per heavy atom. The number of amides is 1. The van der Waals surface area contributed by atoms with Crippen LogP contribution in [0.5, 0.6) is 0 Å². The van der Waals surface area contributed by atoms with Crippen molar-refractivity contribution in [3.63, 3.8) is 0 Å². The lowest BCUT2D eigenvalue weighted by molar-refractivity contribution is -0.117. The molecule has 4 aromatic rings. The van der Waals surface area contributed by atoms with E-state index in [4.69, 9.17) is 11.6 Å². The van der Waals surface area contributed by atoms with Gasteiger partial charge in [0.1, 0.15) is 18.4 Å². The van der Waals surface area contributed by atoms with Gasteiger partial charge in [0.25, 0.3) is 5.56 Å². The van der Waals surface area contributed by atoms with Crippen molar-refractivity contribution in [1.82, 2.24) is 19.4 Å². The van der Waals surface area contributed by atoms with Gasteiger partial charge in [0.05, 0.1) is 16.4 Å². The van der Waals surface area contributed by atoms with Crippen molar-refractivity contribution < 1.29 is 4.79 Å². The Bertz CT molecular complexity index is 1230. The summed E-state index contributed by atoms with van der Waals surface area (Å²) in [6.45, 7) is -0.237. The summed E-state index contributed by atoms with van der Waals surface area (Å²) in [5, 5.41) is 11.5. The van der Waals surface area contributed by atoms with Gasteiger partial charge in [-0.25, -0.2) is 9.20 Å². The lowest BCUT2D eigenvalue weighted by Crippen LogP contribution is -2.30. The first-order chi connectivity index (χ1) is 13.5. The van der Waals surface area contributed by atoms with Crippen LogP contribution in [0.4, 0.5) is 5.69 Å². The number of nitrogens with zero attached hydrogens (tertiary/aromatic N) is 4. The first kappa shape index (κ1) is 18.4. The molecule has 9 heteroatoms. The summed E-state index contributed by atoms with van der Waals surface area (Å²) in [4.78, 5) is 25.0. The Kier molecular flexibility index (Phi) is 4.97. The van der Waals surface area contributed by atoms with Crippen molar-refractivity contribution >= 4 is 44.6 Å². The average molecular weight is 459 g/mol. The van der Waals surface area contributed by atoms with E-state index in [9.17, 15) is 9.59 Å². The molecule has 140 valence electrons. The second-order valence-electron chi connectivity index (χ2n) is 5.99. The highest BCUT2D eigenvalue weighted by Gasteiger charge is 2.13. The lowest BCUT2D eigenvalue weighted by Gasteiger charge is -2.08. The molecule has 0 saturated heterocycles. The van der Waals surface area contributed by atoms with E-state index in [1.807, 2.05) is 24.3 Å². The van der Waals surface area contributed by atoms with Gasteiger partial charge in [-0.3, -0.25) is 9.59 Å². The highest BCUT2D eigenvalue weighted by atomic mass is 79.9. The molecule has 0 aliphatic heterocycles. The fourth-order valence-corrected chi connectivity index (χ4v) is 3.15. The minimum absolute atomic E-state index is 0.237. The summed E-state index contributed by atoms with van der Waals surface area (Å²) in [5.74, 6) is -0.403. The van der Waals surface area contributed by atoms with Crippen LogP contribution in [0.15, 0.2) is 70.2 Å². The summed E-state index contributed by atoms with van der Waals surface area (Å²) >= 11 is 9.43. The van der Waals surface area contributed by atoms with E-state index in [1.165, 1.54) is 10.8 Å². The number of carbonyl (C=O) groups is 1. The molecule has 0 aliphatic rings. The smallest absolute Gasteiger partial charge is 0.293 e. The van der Waals surface area contributed by atoms with Crippen LogP contribution in [-0.4, -0.2) is 25.3 Å². The van der Waals surface area contributed by atoms with Crippen molar-refractivity contribution in [2.45, 2.75) is 6.54 Å². The fraction of sp³-hybridized carbons (Fsp3) is 0.0526. The number of nitrogens with one attached hydrogen (secondary N) is 1. The van der Waals surface area contributed by atoms with Crippen LogP contribution in [0.1, 0.15) is 0 Å². The lowest BCUT2D eigenvalue weighted by atomic mass is 10.1. The van der Waals surface area contributed by atoms with E-state index in [-0.39, 0.29) is 6.54 Å². The molecule has 7 nitrogen and oxygen atoms in total. The van der Waals surface area contributed by atoms with Gasteiger partial charge in [0, 0.05) is 10.0 Å². The fourth-order valence-electron chi connectivity index (χ4n) is 2.70. The number of hydrogen-bond acceptors (Lipinski definition) is 4. The normalized spacial score (nSPS) is 10.9. The maximum absolute atomic E-state index is 12.7. The third-order valence-corrected chi connectivity index (χ3v) is 4.93. The van der Waals surface area contributed by atoms with Gasteiger partial charge in [0.2, 0.25) is 5.91 Å². The molecule has 0 radical (unpaired) electrons. The predicted octanol–water partition coefficient (Wildman–Crippen LogP) is 3.61. The van der Waals surface area contributed by atoms with Crippen LogP contribution < -0.4 is 10.9 Å². The predicted molar refractivity (Wildman–Crippen MR) is 110 cm³/mol. The number of aromatic nitrogens is 4. The monoisotopic (exact) mass is 457 g/mol. The van der Waals surface area contributed by atoms with Gasteiger partial charge in [-0.05, 0) is 30.3 Å². The van der Waals surface area contributed by atoms with Gasteiger partial charge in [-0.15, -0.1) is 0 Å². The topological polar surface area (TPSA) is 81.3 Å². The van der Waals surface area contributed by atoms with Crippen LogP contribution in [-0.2, 0) is 11.3 Å². The highest BCUT2D eigenvalue weighted by molar-refractivity contribution is 9.10. The molecule has 2 aromatic heterocycles.